The molecule has 0 amide bonds. The summed E-state index contributed by atoms with van der Waals surface area (Å²) in [6.45, 7) is 0. The maximum absolute atomic E-state index is 15.2. The van der Waals surface area contributed by atoms with Gasteiger partial charge >= 0.3 is 0 Å². The van der Waals surface area contributed by atoms with Crippen LogP contribution in [0.5, 0.6) is 0 Å². The standard InChI is InChI=1S/C51H32NO2PS/c53-55(37-14-3-1-4-15-37,38-16-5-2-6-17-38)39-18-11-13-35(31-39)33-25-27-34(28-26-33)49-51-48(42-20-7-9-23-45(42)54-51)43-22-12-21-40(50(43)52-49)36-29-30-47-44(32-36)41-19-8-10-24-46(41)56-47/h1-32H. The molecular formula is C51H32NO2PS. The first-order valence-electron chi connectivity index (χ1n) is 18.7. The zero-order chi connectivity index (χ0) is 37.2. The van der Waals surface area contributed by atoms with E-state index in [1.807, 2.05) is 96.3 Å². The smallest absolute Gasteiger partial charge is 0.171 e. The summed E-state index contributed by atoms with van der Waals surface area (Å²) in [5.41, 5.74) is 8.57. The number of benzene rings is 8. The fourth-order valence-corrected chi connectivity index (χ4v) is 12.0. The Morgan fingerprint density at radius 1 is 0.446 bits per heavy atom. The van der Waals surface area contributed by atoms with Gasteiger partial charge in [-0.05, 0) is 47.0 Å². The van der Waals surface area contributed by atoms with Crippen LogP contribution in [0.2, 0.25) is 0 Å². The van der Waals surface area contributed by atoms with Gasteiger partial charge in [0.05, 0.1) is 5.52 Å². The molecule has 3 heterocycles. The molecule has 0 saturated heterocycles. The van der Waals surface area contributed by atoms with Crippen molar-refractivity contribution in [3.05, 3.63) is 194 Å². The van der Waals surface area contributed by atoms with Crippen molar-refractivity contribution in [2.45, 2.75) is 0 Å². The largest absolute Gasteiger partial charge is 0.454 e. The van der Waals surface area contributed by atoms with Crippen LogP contribution in [-0.4, -0.2) is 4.98 Å². The SMILES string of the molecule is O=P(c1ccccc1)(c1ccccc1)c1cccc(-c2ccc(-c3nc4c(-c5ccc6sc7ccccc7c6c5)cccc4c4c3oc3ccccc34)cc2)c1. The number of nitrogens with zero attached hydrogens (tertiary/aromatic N) is 1. The van der Waals surface area contributed by atoms with E-state index in [4.69, 9.17) is 9.40 Å². The lowest BCUT2D eigenvalue weighted by Crippen LogP contribution is -2.25. The van der Waals surface area contributed by atoms with Crippen LogP contribution in [0.25, 0.3) is 86.5 Å². The molecule has 8 aromatic carbocycles. The molecule has 0 saturated carbocycles. The summed E-state index contributed by atoms with van der Waals surface area (Å²) in [5, 5.41) is 8.19. The molecule has 0 unspecified atom stereocenters. The van der Waals surface area contributed by atoms with Crippen LogP contribution in [0.4, 0.5) is 0 Å². The molecule has 0 aliphatic rings. The number of hydrogen-bond acceptors (Lipinski definition) is 4. The topological polar surface area (TPSA) is 43.1 Å². The Bertz CT molecular complexity index is 3290. The van der Waals surface area contributed by atoms with Gasteiger partial charge in [-0.2, -0.15) is 0 Å². The van der Waals surface area contributed by atoms with Crippen molar-refractivity contribution in [3.63, 3.8) is 0 Å². The van der Waals surface area contributed by atoms with Gasteiger partial charge in [0, 0.05) is 63.4 Å². The van der Waals surface area contributed by atoms with E-state index < -0.39 is 7.14 Å². The van der Waals surface area contributed by atoms with Crippen LogP contribution >= 0.6 is 18.5 Å². The number of furan rings is 1. The van der Waals surface area contributed by atoms with Crippen LogP contribution in [0.15, 0.2) is 199 Å². The summed E-state index contributed by atoms with van der Waals surface area (Å²) < 4.78 is 24.4. The molecule has 0 N–H and O–H groups in total. The van der Waals surface area contributed by atoms with Crippen molar-refractivity contribution < 1.29 is 8.98 Å². The van der Waals surface area contributed by atoms with Crippen LogP contribution in [0.1, 0.15) is 0 Å². The van der Waals surface area contributed by atoms with Crippen molar-refractivity contribution in [1.29, 1.82) is 0 Å². The van der Waals surface area contributed by atoms with E-state index in [9.17, 15) is 0 Å². The first-order valence-corrected chi connectivity index (χ1v) is 21.2. The van der Waals surface area contributed by atoms with Crippen molar-refractivity contribution in [2.24, 2.45) is 0 Å². The molecule has 0 atom stereocenters. The monoisotopic (exact) mass is 753 g/mol. The highest BCUT2D eigenvalue weighted by Crippen LogP contribution is 2.45. The molecule has 3 nitrogen and oxygen atoms in total. The zero-order valence-corrected chi connectivity index (χ0v) is 31.8. The number of pyridine rings is 1. The first kappa shape index (κ1) is 32.8. The number of thiophene rings is 1. The average molecular weight is 754 g/mol. The molecule has 11 rings (SSSR count). The van der Waals surface area contributed by atoms with Gasteiger partial charge in [0.1, 0.15) is 11.3 Å². The molecule has 56 heavy (non-hydrogen) atoms. The molecule has 3 aromatic heterocycles. The van der Waals surface area contributed by atoms with Crippen molar-refractivity contribution in [2.75, 3.05) is 0 Å². The maximum Gasteiger partial charge on any atom is 0.171 e. The quantitative estimate of drug-likeness (QED) is 0.159. The Hall–Kier alpha value is -6.58. The number of fused-ring (bicyclic) bond motifs is 8. The number of hydrogen-bond donors (Lipinski definition) is 0. The van der Waals surface area contributed by atoms with E-state index in [1.165, 1.54) is 20.2 Å². The molecule has 0 bridgehead atoms. The molecule has 0 aliphatic heterocycles. The van der Waals surface area contributed by atoms with Crippen LogP contribution in [-0.2, 0) is 4.57 Å². The molecular weight excluding hydrogens is 722 g/mol. The van der Waals surface area contributed by atoms with E-state index in [0.29, 0.717) is 0 Å². The Kier molecular flexibility index (Phi) is 7.63. The number of aromatic nitrogens is 1. The molecule has 0 fully saturated rings. The van der Waals surface area contributed by atoms with Gasteiger partial charge in [0.25, 0.3) is 0 Å². The van der Waals surface area contributed by atoms with Crippen molar-refractivity contribution in [1.82, 2.24) is 4.98 Å². The van der Waals surface area contributed by atoms with Crippen LogP contribution < -0.4 is 15.9 Å². The Balaban J connectivity index is 1.06. The highest BCUT2D eigenvalue weighted by atomic mass is 32.1. The molecule has 0 aliphatic carbocycles. The van der Waals surface area contributed by atoms with Crippen LogP contribution in [0, 0.1) is 0 Å². The summed E-state index contributed by atoms with van der Waals surface area (Å²) in [6, 6.07) is 66.5. The lowest BCUT2D eigenvalue weighted by Gasteiger charge is -2.20. The Morgan fingerprint density at radius 3 is 1.84 bits per heavy atom. The third kappa shape index (κ3) is 5.18. The molecule has 0 spiro atoms. The van der Waals surface area contributed by atoms with E-state index in [0.717, 1.165) is 82.3 Å². The highest BCUT2D eigenvalue weighted by molar-refractivity contribution is 7.85. The second kappa shape index (κ2) is 13.0. The fourth-order valence-electron chi connectivity index (χ4n) is 8.26. The molecule has 0 radical (unpaired) electrons. The minimum absolute atomic E-state index is 0.775. The van der Waals surface area contributed by atoms with Crippen molar-refractivity contribution in [3.8, 4) is 33.5 Å². The van der Waals surface area contributed by atoms with Crippen molar-refractivity contribution >= 4 is 87.4 Å². The summed E-state index contributed by atoms with van der Waals surface area (Å²) >= 11 is 1.83. The third-order valence-corrected chi connectivity index (χ3v) is 15.2. The average Bonchev–Trinajstić information content (AvgIpc) is 3.85. The van der Waals surface area contributed by atoms with E-state index in [-0.39, 0.29) is 0 Å². The van der Waals surface area contributed by atoms with Crippen LogP contribution in [0.3, 0.4) is 0 Å². The minimum atomic E-state index is -3.12. The lowest BCUT2D eigenvalue weighted by atomic mass is 9.96. The summed E-state index contributed by atoms with van der Waals surface area (Å²) in [4.78, 5) is 5.46. The number of rotatable bonds is 6. The molecule has 5 heteroatoms. The third-order valence-electron chi connectivity index (χ3n) is 11.0. The minimum Gasteiger partial charge on any atom is -0.454 e. The fraction of sp³-hybridized carbons (Fsp3) is 0. The second-order valence-corrected chi connectivity index (χ2v) is 18.0. The Morgan fingerprint density at radius 2 is 1.05 bits per heavy atom. The maximum atomic E-state index is 15.2. The van der Waals surface area contributed by atoms with Gasteiger partial charge in [-0.1, -0.05) is 164 Å². The normalized spacial score (nSPS) is 12.0. The predicted octanol–water partition coefficient (Wildman–Crippen LogP) is 13.1. The summed E-state index contributed by atoms with van der Waals surface area (Å²) in [6.07, 6.45) is 0. The molecule has 264 valence electrons. The van der Waals surface area contributed by atoms with Gasteiger partial charge in [-0.25, -0.2) is 4.98 Å². The summed E-state index contributed by atoms with van der Waals surface area (Å²) in [5.74, 6) is 0. The van der Waals surface area contributed by atoms with E-state index >= 15 is 4.57 Å². The van der Waals surface area contributed by atoms with E-state index in [1.54, 1.807) is 0 Å². The van der Waals surface area contributed by atoms with E-state index in [2.05, 4.69) is 109 Å². The molecule has 11 aromatic rings. The second-order valence-electron chi connectivity index (χ2n) is 14.2. The summed E-state index contributed by atoms with van der Waals surface area (Å²) in [7, 11) is -3.12. The first-order chi connectivity index (χ1) is 27.6. The van der Waals surface area contributed by atoms with Gasteiger partial charge in [-0.15, -0.1) is 11.3 Å². The van der Waals surface area contributed by atoms with Gasteiger partial charge in [-0.3, -0.25) is 0 Å². The predicted molar refractivity (Wildman–Crippen MR) is 238 cm³/mol. The zero-order valence-electron chi connectivity index (χ0n) is 30.1. The Labute approximate surface area is 327 Å². The lowest BCUT2D eigenvalue weighted by molar-refractivity contribution is 0.592. The highest BCUT2D eigenvalue weighted by Gasteiger charge is 2.30. The van der Waals surface area contributed by atoms with Gasteiger partial charge in [0.15, 0.2) is 12.7 Å². The van der Waals surface area contributed by atoms with Gasteiger partial charge in [0.2, 0.25) is 0 Å². The number of para-hydroxylation sites is 2. The van der Waals surface area contributed by atoms with Gasteiger partial charge < -0.3 is 8.98 Å².